The summed E-state index contributed by atoms with van der Waals surface area (Å²) in [6.45, 7) is 3.55. The topological polar surface area (TPSA) is 60.7 Å². The number of carbonyl (C=O) groups excluding carboxylic acids is 2. The van der Waals surface area contributed by atoms with Crippen LogP contribution in [0.1, 0.15) is 30.2 Å². The van der Waals surface area contributed by atoms with Crippen LogP contribution in [-0.2, 0) is 16.0 Å². The summed E-state index contributed by atoms with van der Waals surface area (Å²) < 4.78 is 6.63. The number of rotatable bonds is 4. The molecule has 0 saturated carbocycles. The van der Waals surface area contributed by atoms with Crippen molar-refractivity contribution in [1.82, 2.24) is 9.38 Å². The van der Waals surface area contributed by atoms with Gasteiger partial charge in [-0.15, -0.1) is 0 Å². The van der Waals surface area contributed by atoms with Gasteiger partial charge >= 0.3 is 5.97 Å². The minimum absolute atomic E-state index is 0.0618. The van der Waals surface area contributed by atoms with Crippen molar-refractivity contribution in [2.45, 2.75) is 20.3 Å². The Morgan fingerprint density at radius 2 is 2.17 bits per heavy atom. The number of Topliss-reactive ketones (excluding diaryl/α,β-unsaturated/α-hetero) is 1. The van der Waals surface area contributed by atoms with Gasteiger partial charge in [0.2, 0.25) is 0 Å². The van der Waals surface area contributed by atoms with Gasteiger partial charge < -0.3 is 9.14 Å². The molecule has 0 aliphatic carbocycles. The highest BCUT2D eigenvalue weighted by Crippen LogP contribution is 2.14. The van der Waals surface area contributed by atoms with Crippen LogP contribution in [0.25, 0.3) is 5.52 Å². The Morgan fingerprint density at radius 1 is 1.39 bits per heavy atom. The molecule has 0 fully saturated rings. The van der Waals surface area contributed by atoms with E-state index >= 15 is 0 Å². The first-order valence-corrected chi connectivity index (χ1v) is 5.76. The lowest BCUT2D eigenvalue weighted by Crippen LogP contribution is -2.10. The Bertz CT molecular complexity index is 601. The van der Waals surface area contributed by atoms with E-state index in [9.17, 15) is 9.59 Å². The molecule has 5 nitrogen and oxygen atoms in total. The summed E-state index contributed by atoms with van der Waals surface area (Å²) in [6.07, 6.45) is 1.84. The van der Waals surface area contributed by atoms with Gasteiger partial charge in [-0.3, -0.25) is 9.59 Å². The number of hydrogen-bond acceptors (Lipinski definition) is 4. The number of hydrogen-bond donors (Lipinski definition) is 0. The smallest absolute Gasteiger partial charge is 0.313 e. The van der Waals surface area contributed by atoms with Gasteiger partial charge in [0.1, 0.15) is 17.9 Å². The van der Waals surface area contributed by atoms with Crippen LogP contribution < -0.4 is 0 Å². The molecular weight excluding hydrogens is 232 g/mol. The highest BCUT2D eigenvalue weighted by atomic mass is 16.5. The van der Waals surface area contributed by atoms with Crippen LogP contribution in [0.15, 0.2) is 24.4 Å². The number of nitrogens with zero attached hydrogens (tertiary/aromatic N) is 2. The number of aromatic nitrogens is 2. The second-order valence-electron chi connectivity index (χ2n) is 3.87. The molecule has 2 rings (SSSR count). The van der Waals surface area contributed by atoms with E-state index in [1.165, 1.54) is 6.92 Å². The van der Waals surface area contributed by atoms with E-state index in [2.05, 4.69) is 4.98 Å². The lowest BCUT2D eigenvalue weighted by Gasteiger charge is -2.01. The predicted octanol–water partition coefficient (Wildman–Crippen LogP) is 1.64. The summed E-state index contributed by atoms with van der Waals surface area (Å²) in [7, 11) is 0. The zero-order valence-electron chi connectivity index (χ0n) is 10.3. The second kappa shape index (κ2) is 5.00. The van der Waals surface area contributed by atoms with Crippen LogP contribution in [0, 0.1) is 0 Å². The van der Waals surface area contributed by atoms with Crippen molar-refractivity contribution in [2.75, 3.05) is 6.61 Å². The standard InChI is InChI=1S/C13H14N2O3/c1-3-18-12(17)8-11-14-13(9(2)16)10-6-4-5-7-15(10)11/h4-7H,3,8H2,1-2H3. The van der Waals surface area contributed by atoms with E-state index in [0.29, 0.717) is 23.6 Å². The van der Waals surface area contributed by atoms with Crippen LogP contribution >= 0.6 is 0 Å². The minimum Gasteiger partial charge on any atom is -0.466 e. The first kappa shape index (κ1) is 12.3. The van der Waals surface area contributed by atoms with Gasteiger partial charge in [0.25, 0.3) is 0 Å². The molecule has 0 unspecified atom stereocenters. The molecule has 0 amide bonds. The average molecular weight is 246 g/mol. The van der Waals surface area contributed by atoms with E-state index in [-0.39, 0.29) is 18.2 Å². The quantitative estimate of drug-likeness (QED) is 0.608. The third-order valence-electron chi connectivity index (χ3n) is 2.56. The van der Waals surface area contributed by atoms with E-state index in [4.69, 9.17) is 4.74 Å². The van der Waals surface area contributed by atoms with E-state index in [0.717, 1.165) is 0 Å². The number of imidazole rings is 1. The van der Waals surface area contributed by atoms with Crippen molar-refractivity contribution in [3.63, 3.8) is 0 Å². The van der Waals surface area contributed by atoms with Crippen LogP contribution in [0.5, 0.6) is 0 Å². The average Bonchev–Trinajstić information content (AvgIpc) is 2.69. The van der Waals surface area contributed by atoms with Gasteiger partial charge in [-0.2, -0.15) is 0 Å². The molecule has 5 heteroatoms. The third-order valence-corrected chi connectivity index (χ3v) is 2.56. The first-order valence-electron chi connectivity index (χ1n) is 5.76. The van der Waals surface area contributed by atoms with E-state index < -0.39 is 0 Å². The monoisotopic (exact) mass is 246 g/mol. The van der Waals surface area contributed by atoms with Crippen molar-refractivity contribution in [1.29, 1.82) is 0 Å². The molecule has 0 radical (unpaired) electrons. The fraction of sp³-hybridized carbons (Fsp3) is 0.308. The third kappa shape index (κ3) is 2.25. The van der Waals surface area contributed by atoms with Gasteiger partial charge in [-0.25, -0.2) is 4.98 Å². The summed E-state index contributed by atoms with van der Waals surface area (Å²) in [4.78, 5) is 27.2. The molecule has 0 bridgehead atoms. The fourth-order valence-electron chi connectivity index (χ4n) is 1.83. The molecule has 2 aromatic heterocycles. The summed E-state index contributed by atoms with van der Waals surface area (Å²) in [5.41, 5.74) is 1.10. The number of ether oxygens (including phenoxy) is 1. The molecule has 18 heavy (non-hydrogen) atoms. The highest BCUT2D eigenvalue weighted by Gasteiger charge is 2.16. The number of carbonyl (C=O) groups is 2. The maximum absolute atomic E-state index is 11.5. The van der Waals surface area contributed by atoms with Gasteiger partial charge in [0, 0.05) is 13.1 Å². The molecule has 2 heterocycles. The Hall–Kier alpha value is -2.17. The van der Waals surface area contributed by atoms with Crippen molar-refractivity contribution in [3.8, 4) is 0 Å². The molecule has 0 atom stereocenters. The van der Waals surface area contributed by atoms with Crippen molar-refractivity contribution < 1.29 is 14.3 Å². The summed E-state index contributed by atoms with van der Waals surface area (Å²) >= 11 is 0. The van der Waals surface area contributed by atoms with Crippen LogP contribution in [0.2, 0.25) is 0 Å². The largest absolute Gasteiger partial charge is 0.466 e. The highest BCUT2D eigenvalue weighted by molar-refractivity contribution is 5.99. The van der Waals surface area contributed by atoms with Gasteiger partial charge in [-0.05, 0) is 19.1 Å². The van der Waals surface area contributed by atoms with Crippen LogP contribution in [0.4, 0.5) is 0 Å². The fourth-order valence-corrected chi connectivity index (χ4v) is 1.83. The number of fused-ring (bicyclic) bond motifs is 1. The molecule has 2 aromatic rings. The van der Waals surface area contributed by atoms with Gasteiger partial charge in [0.15, 0.2) is 5.78 Å². The lowest BCUT2D eigenvalue weighted by atomic mass is 10.2. The molecule has 0 aromatic carbocycles. The zero-order valence-corrected chi connectivity index (χ0v) is 10.3. The number of esters is 1. The molecular formula is C13H14N2O3. The Kier molecular flexibility index (Phi) is 3.41. The van der Waals surface area contributed by atoms with Crippen LogP contribution in [-0.4, -0.2) is 27.7 Å². The number of ketones is 1. The Balaban J connectivity index is 2.45. The molecule has 0 aliphatic rings. The van der Waals surface area contributed by atoms with Crippen molar-refractivity contribution >= 4 is 17.3 Å². The zero-order chi connectivity index (χ0) is 13.1. The van der Waals surface area contributed by atoms with Crippen molar-refractivity contribution in [3.05, 3.63) is 35.9 Å². The predicted molar refractivity (Wildman–Crippen MR) is 65.5 cm³/mol. The Morgan fingerprint density at radius 3 is 2.83 bits per heavy atom. The minimum atomic E-state index is -0.344. The lowest BCUT2D eigenvalue weighted by molar-refractivity contribution is -0.142. The molecule has 94 valence electrons. The first-order chi connectivity index (χ1) is 8.63. The maximum atomic E-state index is 11.5. The van der Waals surface area contributed by atoms with Gasteiger partial charge in [0.05, 0.1) is 12.1 Å². The summed E-state index contributed by atoms with van der Waals surface area (Å²) in [5, 5.41) is 0. The van der Waals surface area contributed by atoms with Crippen molar-refractivity contribution in [2.24, 2.45) is 0 Å². The summed E-state index contributed by atoms with van der Waals surface area (Å²) in [6, 6.07) is 5.46. The van der Waals surface area contributed by atoms with E-state index in [1.807, 2.05) is 12.1 Å². The van der Waals surface area contributed by atoms with Gasteiger partial charge in [-0.1, -0.05) is 6.07 Å². The molecule has 0 aliphatic heterocycles. The normalized spacial score (nSPS) is 10.6. The SMILES string of the molecule is CCOC(=O)Cc1nc(C(C)=O)c2ccccn12. The molecule has 0 spiro atoms. The van der Waals surface area contributed by atoms with E-state index in [1.54, 1.807) is 23.6 Å². The number of pyridine rings is 1. The molecule has 0 N–H and O–H groups in total. The Labute approximate surface area is 104 Å². The maximum Gasteiger partial charge on any atom is 0.313 e. The molecule has 0 saturated heterocycles. The van der Waals surface area contributed by atoms with Crippen LogP contribution in [0.3, 0.4) is 0 Å². The summed E-state index contributed by atoms with van der Waals surface area (Å²) in [5.74, 6) is 0.0615. The second-order valence-corrected chi connectivity index (χ2v) is 3.87.